The van der Waals surface area contributed by atoms with Crippen molar-refractivity contribution in [2.75, 3.05) is 0 Å². The molecule has 14 heavy (non-hydrogen) atoms. The zero-order chi connectivity index (χ0) is 9.42. The molecule has 1 fully saturated rings. The van der Waals surface area contributed by atoms with Crippen LogP contribution in [0.4, 0.5) is 4.39 Å². The second kappa shape index (κ2) is 4.60. The van der Waals surface area contributed by atoms with E-state index >= 15 is 0 Å². The average molecular weight is 281 g/mol. The molecule has 1 aliphatic rings. The van der Waals surface area contributed by atoms with Gasteiger partial charge in [-0.15, -0.1) is 12.4 Å². The molecule has 1 nitrogen and oxygen atoms in total. The van der Waals surface area contributed by atoms with E-state index in [0.29, 0.717) is 10.4 Å². The van der Waals surface area contributed by atoms with E-state index in [2.05, 4.69) is 15.9 Å². The van der Waals surface area contributed by atoms with E-state index in [1.807, 2.05) is 6.07 Å². The van der Waals surface area contributed by atoms with Crippen molar-refractivity contribution in [2.45, 2.75) is 18.9 Å². The Balaban J connectivity index is 0.000000980. The summed E-state index contributed by atoms with van der Waals surface area (Å²) in [6, 6.07) is 5.02. The molecule has 1 aliphatic carbocycles. The van der Waals surface area contributed by atoms with Gasteiger partial charge < -0.3 is 5.73 Å². The molecule has 1 aromatic rings. The first-order valence-electron chi connectivity index (χ1n) is 4.39. The van der Waals surface area contributed by atoms with Gasteiger partial charge in [0.25, 0.3) is 0 Å². The van der Waals surface area contributed by atoms with Gasteiger partial charge in [0.2, 0.25) is 0 Å². The molecular formula is C10H12BrClFN. The second-order valence-electron chi connectivity index (χ2n) is 3.51. The molecule has 4 heteroatoms. The summed E-state index contributed by atoms with van der Waals surface area (Å²) < 4.78 is 13.6. The maximum Gasteiger partial charge on any atom is 0.137 e. The first-order valence-corrected chi connectivity index (χ1v) is 5.19. The van der Waals surface area contributed by atoms with Crippen LogP contribution in [0.1, 0.15) is 24.4 Å². The normalized spacial score (nSPS) is 17.4. The second-order valence-corrected chi connectivity index (χ2v) is 4.30. The van der Waals surface area contributed by atoms with Gasteiger partial charge in [0, 0.05) is 6.04 Å². The van der Waals surface area contributed by atoms with Crippen LogP contribution in [0.25, 0.3) is 0 Å². The summed E-state index contributed by atoms with van der Waals surface area (Å²) >= 11 is 3.22. The molecular weight excluding hydrogens is 268 g/mol. The Morgan fingerprint density at radius 1 is 1.43 bits per heavy atom. The van der Waals surface area contributed by atoms with Gasteiger partial charge in [-0.05, 0) is 46.3 Å². The van der Waals surface area contributed by atoms with Crippen molar-refractivity contribution in [3.8, 4) is 0 Å². The van der Waals surface area contributed by atoms with Crippen LogP contribution in [0.15, 0.2) is 22.7 Å². The molecule has 2 N–H and O–H groups in total. The van der Waals surface area contributed by atoms with Crippen LogP contribution in [0.3, 0.4) is 0 Å². The monoisotopic (exact) mass is 279 g/mol. The van der Waals surface area contributed by atoms with E-state index in [1.165, 1.54) is 18.9 Å². The van der Waals surface area contributed by atoms with Crippen molar-refractivity contribution in [2.24, 2.45) is 11.7 Å². The molecule has 0 bridgehead atoms. The minimum Gasteiger partial charge on any atom is -0.324 e. The third-order valence-corrected chi connectivity index (χ3v) is 3.31. The Bertz CT molecular complexity index is 328. The van der Waals surface area contributed by atoms with Gasteiger partial charge in [-0.3, -0.25) is 0 Å². The topological polar surface area (TPSA) is 26.0 Å². The Morgan fingerprint density at radius 3 is 2.64 bits per heavy atom. The summed E-state index contributed by atoms with van der Waals surface area (Å²) in [7, 11) is 0. The van der Waals surface area contributed by atoms with Gasteiger partial charge in [-0.1, -0.05) is 12.1 Å². The van der Waals surface area contributed by atoms with Gasteiger partial charge in [-0.2, -0.15) is 0 Å². The molecule has 1 atom stereocenters. The van der Waals surface area contributed by atoms with E-state index < -0.39 is 0 Å². The highest BCUT2D eigenvalue weighted by molar-refractivity contribution is 9.10. The molecule has 1 aromatic carbocycles. The molecule has 0 unspecified atom stereocenters. The van der Waals surface area contributed by atoms with Crippen LogP contribution in [0, 0.1) is 11.7 Å². The molecule has 2 rings (SSSR count). The van der Waals surface area contributed by atoms with Gasteiger partial charge >= 0.3 is 0 Å². The van der Waals surface area contributed by atoms with Crippen LogP contribution in [-0.4, -0.2) is 0 Å². The molecule has 0 amide bonds. The van der Waals surface area contributed by atoms with Crippen molar-refractivity contribution in [1.29, 1.82) is 0 Å². The van der Waals surface area contributed by atoms with Crippen LogP contribution in [-0.2, 0) is 0 Å². The van der Waals surface area contributed by atoms with Crippen molar-refractivity contribution in [3.05, 3.63) is 34.1 Å². The minimum absolute atomic E-state index is 0. The van der Waals surface area contributed by atoms with Gasteiger partial charge in [0.1, 0.15) is 5.82 Å². The zero-order valence-corrected chi connectivity index (χ0v) is 9.94. The molecule has 0 radical (unpaired) electrons. The lowest BCUT2D eigenvalue weighted by Crippen LogP contribution is -2.13. The van der Waals surface area contributed by atoms with E-state index in [4.69, 9.17) is 5.73 Å². The van der Waals surface area contributed by atoms with Crippen molar-refractivity contribution >= 4 is 28.3 Å². The highest BCUT2D eigenvalue weighted by Gasteiger charge is 2.30. The summed E-state index contributed by atoms with van der Waals surface area (Å²) in [5.41, 5.74) is 6.86. The maximum atomic E-state index is 13.1. The van der Waals surface area contributed by atoms with Crippen molar-refractivity contribution < 1.29 is 4.39 Å². The predicted molar refractivity (Wildman–Crippen MR) is 61.0 cm³/mol. The Morgan fingerprint density at radius 2 is 2.07 bits per heavy atom. The van der Waals surface area contributed by atoms with Gasteiger partial charge in [-0.25, -0.2) is 4.39 Å². The summed E-state index contributed by atoms with van der Waals surface area (Å²) in [4.78, 5) is 0. The fourth-order valence-electron chi connectivity index (χ4n) is 1.49. The number of halogens is 3. The lowest BCUT2D eigenvalue weighted by molar-refractivity contribution is 0.593. The fourth-order valence-corrected chi connectivity index (χ4v) is 2.02. The summed E-state index contributed by atoms with van der Waals surface area (Å²) in [6.07, 6.45) is 2.34. The average Bonchev–Trinajstić information content (AvgIpc) is 2.91. The van der Waals surface area contributed by atoms with Crippen molar-refractivity contribution in [3.63, 3.8) is 0 Å². The number of nitrogens with two attached hydrogens (primary N) is 1. The number of hydrogen-bond donors (Lipinski definition) is 1. The lowest BCUT2D eigenvalue weighted by Gasteiger charge is -2.12. The Kier molecular flexibility index (Phi) is 3.93. The standard InChI is InChI=1S/C10H11BrFN.ClH/c11-9-7(2-1-3-8(9)12)10(13)6-4-5-6;/h1-3,6,10H,4-5,13H2;1H/t10-;/m0./s1. The third kappa shape index (κ3) is 2.27. The van der Waals surface area contributed by atoms with Crippen LogP contribution in [0.5, 0.6) is 0 Å². The molecule has 1 saturated carbocycles. The third-order valence-electron chi connectivity index (χ3n) is 2.47. The molecule has 0 aliphatic heterocycles. The number of benzene rings is 1. The predicted octanol–water partition coefficient (Wildman–Crippen LogP) is 3.42. The van der Waals surface area contributed by atoms with Crippen LogP contribution in [0.2, 0.25) is 0 Å². The van der Waals surface area contributed by atoms with E-state index in [0.717, 1.165) is 5.56 Å². The number of rotatable bonds is 2. The van der Waals surface area contributed by atoms with E-state index in [1.54, 1.807) is 6.07 Å². The number of hydrogen-bond acceptors (Lipinski definition) is 1. The highest BCUT2D eigenvalue weighted by atomic mass is 79.9. The quantitative estimate of drug-likeness (QED) is 0.882. The Hall–Kier alpha value is -0.120. The molecule has 78 valence electrons. The first-order chi connectivity index (χ1) is 6.20. The van der Waals surface area contributed by atoms with Crippen molar-refractivity contribution in [1.82, 2.24) is 0 Å². The maximum absolute atomic E-state index is 13.1. The first kappa shape index (κ1) is 12.0. The van der Waals surface area contributed by atoms with Crippen LogP contribution < -0.4 is 5.73 Å². The van der Waals surface area contributed by atoms with Gasteiger partial charge in [0.05, 0.1) is 4.47 Å². The zero-order valence-electron chi connectivity index (χ0n) is 7.54. The molecule has 0 saturated heterocycles. The summed E-state index contributed by atoms with van der Waals surface area (Å²) in [5.74, 6) is 0.326. The largest absolute Gasteiger partial charge is 0.324 e. The fraction of sp³-hybridized carbons (Fsp3) is 0.400. The van der Waals surface area contributed by atoms with Crippen LogP contribution >= 0.6 is 28.3 Å². The Labute approximate surface area is 97.4 Å². The smallest absolute Gasteiger partial charge is 0.137 e. The summed E-state index contributed by atoms with van der Waals surface area (Å²) in [5, 5.41) is 0. The SMILES string of the molecule is Cl.N[C@H](c1cccc(F)c1Br)C1CC1. The van der Waals surface area contributed by atoms with E-state index in [-0.39, 0.29) is 24.3 Å². The highest BCUT2D eigenvalue weighted by Crippen LogP contribution is 2.41. The minimum atomic E-state index is -0.228. The molecule has 0 heterocycles. The summed E-state index contributed by atoms with van der Waals surface area (Å²) in [6.45, 7) is 0. The lowest BCUT2D eigenvalue weighted by atomic mass is 10.0. The molecule has 0 spiro atoms. The van der Waals surface area contributed by atoms with Gasteiger partial charge in [0.15, 0.2) is 0 Å². The molecule has 0 aromatic heterocycles. The van der Waals surface area contributed by atoms with E-state index in [9.17, 15) is 4.39 Å².